The third kappa shape index (κ3) is 3.81. The van der Waals surface area contributed by atoms with Crippen LogP contribution in [0.5, 0.6) is 11.6 Å². The van der Waals surface area contributed by atoms with Gasteiger partial charge in [-0.3, -0.25) is 9.69 Å². The summed E-state index contributed by atoms with van der Waals surface area (Å²) in [5, 5.41) is 3.12. The SMILES string of the molecule is CC(=O)NC1CC2CC[C@@H](C1)N2Cc1ccc([C@H]2COc3cccnc3O2)cc1. The highest BCUT2D eigenvalue weighted by molar-refractivity contribution is 5.73. The number of ether oxygens (including phenoxy) is 2. The van der Waals surface area contributed by atoms with Gasteiger partial charge < -0.3 is 14.8 Å². The van der Waals surface area contributed by atoms with Crippen LogP contribution in [-0.2, 0) is 11.3 Å². The fourth-order valence-corrected chi connectivity index (χ4v) is 5.06. The molecule has 2 saturated heterocycles. The number of carbonyl (C=O) groups is 1. The molecule has 6 heteroatoms. The molecule has 1 aromatic heterocycles. The van der Waals surface area contributed by atoms with Crippen LogP contribution in [0.2, 0.25) is 0 Å². The molecule has 0 radical (unpaired) electrons. The number of nitrogens with one attached hydrogen (secondary N) is 1. The molecule has 2 bridgehead atoms. The lowest BCUT2D eigenvalue weighted by atomic mass is 9.96. The average Bonchev–Trinajstić information content (AvgIpc) is 2.95. The molecule has 152 valence electrons. The number of nitrogens with zero attached hydrogens (tertiary/aromatic N) is 2. The average molecular weight is 393 g/mol. The zero-order chi connectivity index (χ0) is 19.8. The Labute approximate surface area is 171 Å². The van der Waals surface area contributed by atoms with Crippen molar-refractivity contribution in [3.8, 4) is 11.6 Å². The summed E-state index contributed by atoms with van der Waals surface area (Å²) in [6.07, 6.45) is 6.19. The lowest BCUT2D eigenvalue weighted by Gasteiger charge is -2.39. The van der Waals surface area contributed by atoms with Crippen LogP contribution in [0, 0.1) is 0 Å². The Morgan fingerprint density at radius 1 is 1.17 bits per heavy atom. The van der Waals surface area contributed by atoms with E-state index >= 15 is 0 Å². The molecule has 5 rings (SSSR count). The number of hydrogen-bond acceptors (Lipinski definition) is 5. The molecule has 0 spiro atoms. The number of carbonyl (C=O) groups excluding carboxylic acids is 1. The first-order valence-electron chi connectivity index (χ1n) is 10.5. The fourth-order valence-electron chi connectivity index (χ4n) is 5.06. The summed E-state index contributed by atoms with van der Waals surface area (Å²) in [6, 6.07) is 13.9. The first-order chi connectivity index (χ1) is 14.2. The highest BCUT2D eigenvalue weighted by Crippen LogP contribution is 2.37. The Morgan fingerprint density at radius 3 is 2.66 bits per heavy atom. The molecule has 1 amide bonds. The van der Waals surface area contributed by atoms with Gasteiger partial charge in [0.1, 0.15) is 6.61 Å². The number of aromatic nitrogens is 1. The quantitative estimate of drug-likeness (QED) is 0.864. The van der Waals surface area contributed by atoms with Gasteiger partial charge in [-0.05, 0) is 48.9 Å². The van der Waals surface area contributed by atoms with E-state index in [9.17, 15) is 4.79 Å². The molecule has 2 aromatic rings. The van der Waals surface area contributed by atoms with Crippen molar-refractivity contribution < 1.29 is 14.3 Å². The van der Waals surface area contributed by atoms with E-state index in [1.807, 2.05) is 12.1 Å². The van der Waals surface area contributed by atoms with Gasteiger partial charge in [-0.15, -0.1) is 0 Å². The lowest BCUT2D eigenvalue weighted by molar-refractivity contribution is -0.120. The van der Waals surface area contributed by atoms with Crippen molar-refractivity contribution in [3.05, 3.63) is 53.7 Å². The van der Waals surface area contributed by atoms with Crippen molar-refractivity contribution >= 4 is 5.91 Å². The van der Waals surface area contributed by atoms with E-state index in [4.69, 9.17) is 9.47 Å². The Bertz CT molecular complexity index is 871. The van der Waals surface area contributed by atoms with E-state index in [1.54, 1.807) is 13.1 Å². The molecule has 1 aromatic carbocycles. The van der Waals surface area contributed by atoms with Crippen molar-refractivity contribution in [1.29, 1.82) is 0 Å². The summed E-state index contributed by atoms with van der Waals surface area (Å²) in [7, 11) is 0. The van der Waals surface area contributed by atoms with Crippen LogP contribution in [0.1, 0.15) is 49.8 Å². The molecule has 4 heterocycles. The second-order valence-corrected chi connectivity index (χ2v) is 8.39. The normalized spacial score (nSPS) is 28.2. The van der Waals surface area contributed by atoms with Crippen molar-refractivity contribution in [2.75, 3.05) is 6.61 Å². The van der Waals surface area contributed by atoms with Crippen LogP contribution in [-0.4, -0.2) is 40.5 Å². The summed E-state index contributed by atoms with van der Waals surface area (Å²) < 4.78 is 11.8. The van der Waals surface area contributed by atoms with Crippen LogP contribution in [0.4, 0.5) is 0 Å². The van der Waals surface area contributed by atoms with E-state index < -0.39 is 0 Å². The number of hydrogen-bond donors (Lipinski definition) is 1. The Morgan fingerprint density at radius 2 is 1.93 bits per heavy atom. The van der Waals surface area contributed by atoms with Crippen molar-refractivity contribution in [3.63, 3.8) is 0 Å². The number of rotatable bonds is 4. The standard InChI is InChI=1S/C23H27N3O3/c1-15(27)25-18-11-19-8-9-20(12-18)26(19)13-16-4-6-17(7-5-16)22-14-28-21-3-2-10-24-23(21)29-22/h2-7,10,18-20,22H,8-9,11-14H2,1H3,(H,25,27)/t18?,19-,20?,22+/m0/s1. The minimum absolute atomic E-state index is 0.0881. The minimum Gasteiger partial charge on any atom is -0.484 e. The second-order valence-electron chi connectivity index (χ2n) is 8.39. The smallest absolute Gasteiger partial charge is 0.257 e. The van der Waals surface area contributed by atoms with Gasteiger partial charge in [0.25, 0.3) is 5.88 Å². The van der Waals surface area contributed by atoms with Crippen LogP contribution in [0.3, 0.4) is 0 Å². The van der Waals surface area contributed by atoms with Gasteiger partial charge in [0.05, 0.1) is 0 Å². The Kier molecular flexibility index (Phi) is 4.87. The fraction of sp³-hybridized carbons (Fsp3) is 0.478. The third-order valence-corrected chi connectivity index (χ3v) is 6.39. The predicted molar refractivity (Wildman–Crippen MR) is 109 cm³/mol. The summed E-state index contributed by atoms with van der Waals surface area (Å²) in [5.74, 6) is 1.36. The lowest BCUT2D eigenvalue weighted by Crippen LogP contribution is -2.49. The van der Waals surface area contributed by atoms with Gasteiger partial charge in [0, 0.05) is 37.8 Å². The van der Waals surface area contributed by atoms with Gasteiger partial charge in [-0.25, -0.2) is 4.98 Å². The number of amides is 1. The Hall–Kier alpha value is -2.60. The van der Waals surface area contributed by atoms with Crippen molar-refractivity contribution in [1.82, 2.24) is 15.2 Å². The molecule has 4 atom stereocenters. The summed E-state index contributed by atoms with van der Waals surface area (Å²) in [6.45, 7) is 3.08. The van der Waals surface area contributed by atoms with Gasteiger partial charge in [0.15, 0.2) is 11.9 Å². The highest BCUT2D eigenvalue weighted by Gasteiger charge is 2.40. The first kappa shape index (κ1) is 18.4. The monoisotopic (exact) mass is 393 g/mol. The second kappa shape index (κ2) is 7.67. The highest BCUT2D eigenvalue weighted by atomic mass is 16.6. The van der Waals surface area contributed by atoms with E-state index in [2.05, 4.69) is 39.5 Å². The van der Waals surface area contributed by atoms with Crippen LogP contribution < -0.4 is 14.8 Å². The van der Waals surface area contributed by atoms with E-state index in [-0.39, 0.29) is 12.0 Å². The largest absolute Gasteiger partial charge is 0.484 e. The zero-order valence-corrected chi connectivity index (χ0v) is 16.7. The van der Waals surface area contributed by atoms with Gasteiger partial charge in [0.2, 0.25) is 5.91 Å². The van der Waals surface area contributed by atoms with Gasteiger partial charge >= 0.3 is 0 Å². The van der Waals surface area contributed by atoms with Gasteiger partial charge in [-0.1, -0.05) is 24.3 Å². The van der Waals surface area contributed by atoms with E-state index in [0.29, 0.717) is 36.4 Å². The molecule has 2 fully saturated rings. The third-order valence-electron chi connectivity index (χ3n) is 6.39. The summed E-state index contributed by atoms with van der Waals surface area (Å²) in [4.78, 5) is 18.3. The maximum absolute atomic E-state index is 11.4. The number of benzene rings is 1. The van der Waals surface area contributed by atoms with Crippen LogP contribution in [0.15, 0.2) is 42.6 Å². The van der Waals surface area contributed by atoms with Crippen molar-refractivity contribution in [2.45, 2.75) is 63.4 Å². The maximum atomic E-state index is 11.4. The predicted octanol–water partition coefficient (Wildman–Crippen LogP) is 3.23. The Balaban J connectivity index is 1.22. The molecule has 6 nitrogen and oxygen atoms in total. The number of fused-ring (bicyclic) bond motifs is 3. The molecular weight excluding hydrogens is 366 g/mol. The summed E-state index contributed by atoms with van der Waals surface area (Å²) in [5.41, 5.74) is 2.43. The molecule has 29 heavy (non-hydrogen) atoms. The molecule has 3 aliphatic heterocycles. The molecule has 2 unspecified atom stereocenters. The molecule has 0 saturated carbocycles. The van der Waals surface area contributed by atoms with Crippen molar-refractivity contribution in [2.24, 2.45) is 0 Å². The minimum atomic E-state index is -0.129. The molecule has 1 N–H and O–H groups in total. The van der Waals surface area contributed by atoms with Crippen LogP contribution in [0.25, 0.3) is 0 Å². The van der Waals surface area contributed by atoms with Crippen LogP contribution >= 0.6 is 0 Å². The summed E-state index contributed by atoms with van der Waals surface area (Å²) >= 11 is 0. The molecular formula is C23H27N3O3. The first-order valence-corrected chi connectivity index (χ1v) is 10.5. The van der Waals surface area contributed by atoms with E-state index in [1.165, 1.54) is 18.4 Å². The van der Waals surface area contributed by atoms with Gasteiger partial charge in [-0.2, -0.15) is 0 Å². The topological polar surface area (TPSA) is 63.7 Å². The molecule has 0 aliphatic carbocycles. The van der Waals surface area contributed by atoms with E-state index in [0.717, 1.165) is 24.9 Å². The maximum Gasteiger partial charge on any atom is 0.257 e. The molecule has 3 aliphatic rings. The zero-order valence-electron chi connectivity index (χ0n) is 16.7. The number of pyridine rings is 1. The number of piperidine rings is 1.